The second-order valence-electron chi connectivity index (χ2n) is 4.94. The summed E-state index contributed by atoms with van der Waals surface area (Å²) in [7, 11) is 0. The molecule has 1 amide bonds. The Labute approximate surface area is 105 Å². The molecule has 94 valence electrons. The molecule has 5 heteroatoms. The molecule has 0 radical (unpaired) electrons. The molecule has 0 spiro atoms. The number of hydrogen-bond acceptors (Lipinski definition) is 3. The van der Waals surface area contributed by atoms with Gasteiger partial charge in [0.1, 0.15) is 5.54 Å². The summed E-state index contributed by atoms with van der Waals surface area (Å²) in [6.07, 6.45) is 3.04. The van der Waals surface area contributed by atoms with E-state index in [0.717, 1.165) is 18.9 Å². The smallest absolute Gasteiger partial charge is 0.255 e. The molecule has 0 saturated heterocycles. The predicted molar refractivity (Wildman–Crippen MR) is 63.1 cm³/mol. The van der Waals surface area contributed by atoms with E-state index in [-0.39, 0.29) is 17.5 Å². The van der Waals surface area contributed by atoms with Gasteiger partial charge < -0.3 is 4.90 Å². The molecule has 1 heterocycles. The first-order chi connectivity index (χ1) is 8.45. The average Bonchev–Trinajstić information content (AvgIpc) is 3.13. The molecule has 0 atom stereocenters. The van der Waals surface area contributed by atoms with Gasteiger partial charge in [-0.15, -0.1) is 0 Å². The lowest BCUT2D eigenvalue weighted by Crippen LogP contribution is -2.48. The molecule has 1 aromatic rings. The quantitative estimate of drug-likeness (QED) is 0.769. The van der Waals surface area contributed by atoms with E-state index in [9.17, 15) is 9.18 Å². The van der Waals surface area contributed by atoms with E-state index in [1.807, 2.05) is 0 Å². The highest BCUT2D eigenvalue weighted by molar-refractivity contribution is 5.95. The van der Waals surface area contributed by atoms with Crippen LogP contribution in [0.1, 0.15) is 37.0 Å². The minimum atomic E-state index is -0.891. The zero-order valence-corrected chi connectivity index (χ0v) is 10.4. The van der Waals surface area contributed by atoms with E-state index in [1.165, 1.54) is 12.3 Å². The van der Waals surface area contributed by atoms with Gasteiger partial charge in [-0.3, -0.25) is 4.79 Å². The Hall–Kier alpha value is -1.96. The molecular formula is C13H14FN3O. The predicted octanol–water partition coefficient (Wildman–Crippen LogP) is 2.13. The molecule has 1 saturated carbocycles. The van der Waals surface area contributed by atoms with Crippen LogP contribution in [0.3, 0.4) is 0 Å². The fourth-order valence-corrected chi connectivity index (χ4v) is 1.94. The Morgan fingerprint density at radius 2 is 2.28 bits per heavy atom. The Morgan fingerprint density at radius 1 is 1.61 bits per heavy atom. The molecule has 2 rings (SSSR count). The fraction of sp³-hybridized carbons (Fsp3) is 0.462. The largest absolute Gasteiger partial charge is 0.317 e. The summed E-state index contributed by atoms with van der Waals surface area (Å²) in [5.41, 5.74) is -0.657. The molecule has 1 fully saturated rings. The summed E-state index contributed by atoms with van der Waals surface area (Å²) in [6, 6.07) is 4.78. The van der Waals surface area contributed by atoms with Gasteiger partial charge in [0.2, 0.25) is 5.95 Å². The van der Waals surface area contributed by atoms with Gasteiger partial charge in [0, 0.05) is 23.9 Å². The zero-order chi connectivity index (χ0) is 13.3. The number of carbonyl (C=O) groups excluding carboxylic acids is 1. The van der Waals surface area contributed by atoms with Crippen LogP contribution < -0.4 is 0 Å². The number of aromatic nitrogens is 1. The molecule has 0 bridgehead atoms. The van der Waals surface area contributed by atoms with Crippen molar-refractivity contribution in [2.75, 3.05) is 0 Å². The Balaban J connectivity index is 2.33. The molecule has 1 aliphatic carbocycles. The molecule has 0 unspecified atom stereocenters. The summed E-state index contributed by atoms with van der Waals surface area (Å²) in [6.45, 7) is 3.39. The lowest BCUT2D eigenvalue weighted by Gasteiger charge is -2.33. The maximum atomic E-state index is 13.0. The first kappa shape index (κ1) is 12.5. The first-order valence-corrected chi connectivity index (χ1v) is 5.82. The van der Waals surface area contributed by atoms with E-state index in [2.05, 4.69) is 11.1 Å². The monoisotopic (exact) mass is 247 g/mol. The van der Waals surface area contributed by atoms with Crippen LogP contribution in [-0.4, -0.2) is 27.4 Å². The SMILES string of the molecule is CC(C)(C#N)N(C(=O)c1ccnc(F)c1)C1CC1. The van der Waals surface area contributed by atoms with Gasteiger partial charge in [-0.05, 0) is 32.8 Å². The van der Waals surface area contributed by atoms with Gasteiger partial charge in [0.05, 0.1) is 6.07 Å². The molecule has 0 N–H and O–H groups in total. The Morgan fingerprint density at radius 3 is 2.78 bits per heavy atom. The second kappa shape index (κ2) is 4.37. The third kappa shape index (κ3) is 2.33. The molecular weight excluding hydrogens is 233 g/mol. The van der Waals surface area contributed by atoms with Crippen LogP contribution in [0.15, 0.2) is 18.3 Å². The van der Waals surface area contributed by atoms with E-state index < -0.39 is 11.5 Å². The lowest BCUT2D eigenvalue weighted by molar-refractivity contribution is 0.0614. The first-order valence-electron chi connectivity index (χ1n) is 5.82. The van der Waals surface area contributed by atoms with Gasteiger partial charge in [0.15, 0.2) is 0 Å². The van der Waals surface area contributed by atoms with Crippen LogP contribution in [0.5, 0.6) is 0 Å². The standard InChI is InChI=1S/C13H14FN3O/c1-13(2,8-15)17(10-3-4-10)12(18)9-5-6-16-11(14)7-9/h5-7,10H,3-4H2,1-2H3. The normalized spacial score (nSPS) is 15.0. The molecule has 1 aromatic heterocycles. The summed E-state index contributed by atoms with van der Waals surface area (Å²) >= 11 is 0. The van der Waals surface area contributed by atoms with Gasteiger partial charge in [-0.25, -0.2) is 4.98 Å². The summed E-state index contributed by atoms with van der Waals surface area (Å²) < 4.78 is 13.0. The second-order valence-corrected chi connectivity index (χ2v) is 4.94. The topological polar surface area (TPSA) is 57.0 Å². The van der Waals surface area contributed by atoms with E-state index in [0.29, 0.717) is 0 Å². The van der Waals surface area contributed by atoms with Crippen molar-refractivity contribution in [1.82, 2.24) is 9.88 Å². The summed E-state index contributed by atoms with van der Waals surface area (Å²) in [5, 5.41) is 9.16. The highest BCUT2D eigenvalue weighted by Crippen LogP contribution is 2.34. The molecule has 0 aromatic carbocycles. The van der Waals surface area contributed by atoms with Crippen molar-refractivity contribution >= 4 is 5.91 Å². The van der Waals surface area contributed by atoms with Crippen molar-refractivity contribution in [3.8, 4) is 6.07 Å². The minimum Gasteiger partial charge on any atom is -0.317 e. The minimum absolute atomic E-state index is 0.0865. The van der Waals surface area contributed by atoms with E-state index in [1.54, 1.807) is 18.7 Å². The van der Waals surface area contributed by atoms with E-state index >= 15 is 0 Å². The van der Waals surface area contributed by atoms with Crippen molar-refractivity contribution in [2.45, 2.75) is 38.3 Å². The van der Waals surface area contributed by atoms with Crippen LogP contribution in [0.2, 0.25) is 0 Å². The zero-order valence-electron chi connectivity index (χ0n) is 10.4. The van der Waals surface area contributed by atoms with Crippen LogP contribution >= 0.6 is 0 Å². The number of amides is 1. The maximum Gasteiger partial charge on any atom is 0.255 e. The average molecular weight is 247 g/mol. The van der Waals surface area contributed by atoms with Gasteiger partial charge in [-0.1, -0.05) is 0 Å². The Bertz CT molecular complexity index is 517. The molecule has 4 nitrogen and oxygen atoms in total. The number of rotatable bonds is 3. The Kier molecular flexibility index (Phi) is 3.04. The number of pyridine rings is 1. The third-order valence-electron chi connectivity index (χ3n) is 2.98. The molecule has 18 heavy (non-hydrogen) atoms. The molecule has 0 aliphatic heterocycles. The van der Waals surface area contributed by atoms with Crippen LogP contribution in [0.4, 0.5) is 4.39 Å². The van der Waals surface area contributed by atoms with Crippen LogP contribution in [-0.2, 0) is 0 Å². The van der Waals surface area contributed by atoms with Crippen molar-refractivity contribution in [1.29, 1.82) is 5.26 Å². The van der Waals surface area contributed by atoms with Gasteiger partial charge in [-0.2, -0.15) is 9.65 Å². The van der Waals surface area contributed by atoms with Crippen molar-refractivity contribution in [3.63, 3.8) is 0 Å². The lowest BCUT2D eigenvalue weighted by atomic mass is 10.0. The van der Waals surface area contributed by atoms with Crippen molar-refractivity contribution in [3.05, 3.63) is 29.8 Å². The van der Waals surface area contributed by atoms with E-state index in [4.69, 9.17) is 5.26 Å². The number of hydrogen-bond donors (Lipinski definition) is 0. The number of nitrogens with zero attached hydrogens (tertiary/aromatic N) is 3. The number of nitriles is 1. The molecule has 1 aliphatic rings. The van der Waals surface area contributed by atoms with Crippen molar-refractivity contribution < 1.29 is 9.18 Å². The van der Waals surface area contributed by atoms with Crippen LogP contribution in [0, 0.1) is 17.3 Å². The maximum absolute atomic E-state index is 13.0. The van der Waals surface area contributed by atoms with Crippen molar-refractivity contribution in [2.24, 2.45) is 0 Å². The number of halogens is 1. The van der Waals surface area contributed by atoms with Gasteiger partial charge in [0.25, 0.3) is 5.91 Å². The van der Waals surface area contributed by atoms with Gasteiger partial charge >= 0.3 is 0 Å². The van der Waals surface area contributed by atoms with Crippen LogP contribution in [0.25, 0.3) is 0 Å². The number of carbonyl (C=O) groups is 1. The third-order valence-corrected chi connectivity index (χ3v) is 2.98. The fourth-order valence-electron chi connectivity index (χ4n) is 1.94. The summed E-state index contributed by atoms with van der Waals surface area (Å²) in [4.78, 5) is 17.3. The summed E-state index contributed by atoms with van der Waals surface area (Å²) in [5.74, 6) is -1.00. The highest BCUT2D eigenvalue weighted by atomic mass is 19.1. The highest BCUT2D eigenvalue weighted by Gasteiger charge is 2.42.